The average Bonchev–Trinajstić information content (AvgIpc) is 3.37. The summed E-state index contributed by atoms with van der Waals surface area (Å²) >= 11 is 0. The van der Waals surface area contributed by atoms with Crippen LogP contribution in [0.3, 0.4) is 0 Å². The van der Waals surface area contributed by atoms with Crippen LogP contribution in [0.2, 0.25) is 0 Å². The molecule has 1 N–H and O–H groups in total. The molecule has 2 atom stereocenters. The van der Waals surface area contributed by atoms with Crippen molar-refractivity contribution in [2.45, 2.75) is 31.8 Å². The number of hydrogen-bond acceptors (Lipinski definition) is 5. The molecule has 33 heavy (non-hydrogen) atoms. The molecule has 3 aromatic rings. The Morgan fingerprint density at radius 3 is 2.61 bits per heavy atom. The lowest BCUT2D eigenvalue weighted by atomic mass is 9.99. The van der Waals surface area contributed by atoms with Crippen LogP contribution in [0.5, 0.6) is 0 Å². The van der Waals surface area contributed by atoms with Gasteiger partial charge in [-0.05, 0) is 62.2 Å². The molecule has 1 aromatic heterocycles. The predicted octanol–water partition coefficient (Wildman–Crippen LogP) is 3.90. The molecule has 2 aliphatic heterocycles. The van der Waals surface area contributed by atoms with Crippen molar-refractivity contribution in [1.29, 1.82) is 0 Å². The fourth-order valence-corrected chi connectivity index (χ4v) is 6.16. The lowest BCUT2D eigenvalue weighted by molar-refractivity contribution is 0.0964. The number of rotatable bonds is 3. The van der Waals surface area contributed by atoms with Crippen LogP contribution in [0.25, 0.3) is 22.3 Å². The van der Waals surface area contributed by atoms with Crippen molar-refractivity contribution in [2.24, 2.45) is 0 Å². The van der Waals surface area contributed by atoms with Gasteiger partial charge in [-0.15, -0.1) is 0 Å². The number of halogens is 1. The number of hydrogen-bond donors (Lipinski definition) is 1. The van der Waals surface area contributed by atoms with E-state index in [1.54, 1.807) is 25.2 Å². The van der Waals surface area contributed by atoms with E-state index in [-0.39, 0.29) is 23.8 Å². The topological polar surface area (TPSA) is 82.9 Å². The third-order valence-corrected chi connectivity index (χ3v) is 7.96. The summed E-state index contributed by atoms with van der Waals surface area (Å²) in [5.74, 6) is -0.392. The molecule has 0 saturated carbocycles. The molecule has 2 unspecified atom stereocenters. The van der Waals surface area contributed by atoms with Gasteiger partial charge in [0.2, 0.25) is 10.0 Å². The highest BCUT2D eigenvalue weighted by Crippen LogP contribution is 2.44. The highest BCUT2D eigenvalue weighted by Gasteiger charge is 2.39. The Morgan fingerprint density at radius 1 is 1.21 bits per heavy atom. The fourth-order valence-electron chi connectivity index (χ4n) is 5.20. The largest absolute Gasteiger partial charge is 0.455 e. The van der Waals surface area contributed by atoms with Crippen molar-refractivity contribution in [2.75, 3.05) is 30.7 Å². The van der Waals surface area contributed by atoms with Crippen LogP contribution in [0, 0.1) is 5.82 Å². The Bertz CT molecular complexity index is 1350. The van der Waals surface area contributed by atoms with Gasteiger partial charge < -0.3 is 9.73 Å². The lowest BCUT2D eigenvalue weighted by Crippen LogP contribution is -2.40. The first-order valence-electron chi connectivity index (χ1n) is 11.0. The van der Waals surface area contributed by atoms with Crippen molar-refractivity contribution in [3.63, 3.8) is 0 Å². The maximum atomic E-state index is 13.5. The van der Waals surface area contributed by atoms with Crippen LogP contribution in [0.1, 0.15) is 41.7 Å². The Labute approximate surface area is 192 Å². The van der Waals surface area contributed by atoms with Gasteiger partial charge in [0.15, 0.2) is 0 Å². The maximum Gasteiger partial charge on any atom is 0.255 e. The third-order valence-electron chi connectivity index (χ3n) is 6.81. The first kappa shape index (κ1) is 21.9. The van der Waals surface area contributed by atoms with Crippen LogP contribution in [-0.2, 0) is 10.0 Å². The van der Waals surface area contributed by atoms with Gasteiger partial charge in [-0.1, -0.05) is 0 Å². The van der Waals surface area contributed by atoms with Crippen molar-refractivity contribution < 1.29 is 22.0 Å². The molecule has 1 fully saturated rings. The summed E-state index contributed by atoms with van der Waals surface area (Å²) in [5, 5.41) is 3.27. The maximum absolute atomic E-state index is 13.5. The number of sulfonamides is 1. The van der Waals surface area contributed by atoms with Gasteiger partial charge in [0.25, 0.3) is 5.91 Å². The molecule has 3 heterocycles. The number of nitrogens with one attached hydrogen (secondary N) is 1. The predicted molar refractivity (Wildman–Crippen MR) is 125 cm³/mol. The number of anilines is 1. The molecular weight excluding hydrogens is 445 g/mol. The van der Waals surface area contributed by atoms with Crippen molar-refractivity contribution in [3.8, 4) is 11.3 Å². The van der Waals surface area contributed by atoms with E-state index in [1.807, 2.05) is 6.07 Å². The number of benzene rings is 2. The minimum atomic E-state index is -3.53. The lowest BCUT2D eigenvalue weighted by Gasteiger charge is -2.28. The van der Waals surface area contributed by atoms with Crippen LogP contribution >= 0.6 is 0 Å². The molecule has 0 bridgehead atoms. The summed E-state index contributed by atoms with van der Waals surface area (Å²) in [4.78, 5) is 15.3. The SMILES string of the molecule is CNC(=O)c1c(-c2ccc(F)cc2)oc2cc3c(cc12)C(C)N1CCCC1CN3S(C)(=O)=O. The quantitative estimate of drug-likeness (QED) is 0.627. The summed E-state index contributed by atoms with van der Waals surface area (Å²) in [7, 11) is -1.99. The van der Waals surface area contributed by atoms with Gasteiger partial charge in [-0.2, -0.15) is 0 Å². The molecule has 0 spiro atoms. The first-order valence-corrected chi connectivity index (χ1v) is 12.9. The van der Waals surface area contributed by atoms with E-state index >= 15 is 0 Å². The van der Waals surface area contributed by atoms with Gasteiger partial charge >= 0.3 is 0 Å². The molecule has 1 amide bonds. The number of amides is 1. The van der Waals surface area contributed by atoms with E-state index < -0.39 is 10.0 Å². The summed E-state index contributed by atoms with van der Waals surface area (Å²) in [6.45, 7) is 3.36. The second-order valence-electron chi connectivity index (χ2n) is 8.80. The number of nitrogens with zero attached hydrogens (tertiary/aromatic N) is 2. The molecule has 0 aliphatic carbocycles. The zero-order valence-corrected chi connectivity index (χ0v) is 19.6. The van der Waals surface area contributed by atoms with Crippen molar-refractivity contribution >= 4 is 32.6 Å². The number of carbonyl (C=O) groups is 1. The average molecular weight is 472 g/mol. The minimum absolute atomic E-state index is 0.0228. The Hall–Kier alpha value is -2.91. The van der Waals surface area contributed by atoms with E-state index in [4.69, 9.17) is 4.42 Å². The molecule has 9 heteroatoms. The molecule has 7 nitrogen and oxygen atoms in total. The second-order valence-corrected chi connectivity index (χ2v) is 10.7. The highest BCUT2D eigenvalue weighted by molar-refractivity contribution is 7.92. The molecule has 2 aromatic carbocycles. The zero-order chi connectivity index (χ0) is 23.5. The van der Waals surface area contributed by atoms with E-state index in [9.17, 15) is 17.6 Å². The Balaban J connectivity index is 1.79. The highest BCUT2D eigenvalue weighted by atomic mass is 32.2. The summed E-state index contributed by atoms with van der Waals surface area (Å²) in [6, 6.07) is 9.47. The normalized spacial score (nSPS) is 21.0. The van der Waals surface area contributed by atoms with Gasteiger partial charge in [0.1, 0.15) is 17.2 Å². The Kier molecular flexibility index (Phi) is 5.21. The van der Waals surface area contributed by atoms with Gasteiger partial charge in [0, 0.05) is 42.7 Å². The summed E-state index contributed by atoms with van der Waals surface area (Å²) in [5.41, 5.74) is 2.74. The van der Waals surface area contributed by atoms with Crippen LogP contribution in [0.15, 0.2) is 40.8 Å². The summed E-state index contributed by atoms with van der Waals surface area (Å²) in [6.07, 6.45) is 3.19. The zero-order valence-electron chi connectivity index (χ0n) is 18.8. The standard InChI is InChI=1S/C24H26FN3O4S/c1-14-18-11-19-21(12-20(18)28(33(3,30)31)13-17-5-4-10-27(14)17)32-23(22(19)24(29)26-2)15-6-8-16(25)9-7-15/h6-9,11-12,14,17H,4-5,10,13H2,1-3H3,(H,26,29). The second kappa shape index (κ2) is 7.85. The van der Waals surface area contributed by atoms with E-state index in [0.29, 0.717) is 40.1 Å². The Morgan fingerprint density at radius 2 is 1.94 bits per heavy atom. The number of furan rings is 1. The van der Waals surface area contributed by atoms with E-state index in [0.717, 1.165) is 24.9 Å². The fraction of sp³-hybridized carbons (Fsp3) is 0.375. The van der Waals surface area contributed by atoms with Gasteiger partial charge in [0.05, 0.1) is 17.5 Å². The van der Waals surface area contributed by atoms with Crippen molar-refractivity contribution in [1.82, 2.24) is 10.2 Å². The van der Waals surface area contributed by atoms with Crippen LogP contribution in [0.4, 0.5) is 10.1 Å². The number of carbonyl (C=O) groups excluding carboxylic acids is 1. The molecule has 1 saturated heterocycles. The third kappa shape index (κ3) is 3.59. The molecule has 5 rings (SSSR count). The molecule has 2 aliphatic rings. The molecular formula is C24H26FN3O4S. The number of fused-ring (bicyclic) bond motifs is 3. The minimum Gasteiger partial charge on any atom is -0.455 e. The van der Waals surface area contributed by atoms with E-state index in [1.165, 1.54) is 22.7 Å². The van der Waals surface area contributed by atoms with E-state index in [2.05, 4.69) is 17.1 Å². The molecule has 174 valence electrons. The van der Waals surface area contributed by atoms with Crippen LogP contribution < -0.4 is 9.62 Å². The van der Waals surface area contributed by atoms with Gasteiger partial charge in [-0.25, -0.2) is 12.8 Å². The first-order chi connectivity index (χ1) is 15.7. The van der Waals surface area contributed by atoms with Gasteiger partial charge in [-0.3, -0.25) is 14.0 Å². The summed E-state index contributed by atoms with van der Waals surface area (Å²) < 4.78 is 46.7. The van der Waals surface area contributed by atoms with Crippen LogP contribution in [-0.4, -0.2) is 51.7 Å². The molecule has 0 radical (unpaired) electrons. The van der Waals surface area contributed by atoms with Crippen molar-refractivity contribution in [3.05, 3.63) is 53.3 Å². The monoisotopic (exact) mass is 471 g/mol. The smallest absolute Gasteiger partial charge is 0.255 e.